The molecule has 1 aliphatic heterocycles. The Balaban J connectivity index is 1.63. The van der Waals surface area contributed by atoms with E-state index in [2.05, 4.69) is 4.98 Å². The molecule has 0 aliphatic carbocycles. The number of carbonyl (C=O) groups is 2. The van der Waals surface area contributed by atoms with Crippen molar-refractivity contribution in [1.29, 1.82) is 0 Å². The standard InChI is InChI=1S/C24H19FN2O3/c25-19-3-1-2-15(11-19)17-10-18(14-28)23-21(12-17)20-5-4-16(13-22(20)26-23)24(29)27-6-8-30-9-7-27/h1-5,10-14,26H,6-9H2. The Morgan fingerprint density at radius 2 is 1.83 bits per heavy atom. The number of H-pyrrole nitrogens is 1. The zero-order chi connectivity index (χ0) is 20.7. The van der Waals surface area contributed by atoms with E-state index in [0.717, 1.165) is 28.1 Å². The summed E-state index contributed by atoms with van der Waals surface area (Å²) in [5.41, 5.74) is 4.03. The Morgan fingerprint density at radius 3 is 2.60 bits per heavy atom. The zero-order valence-electron chi connectivity index (χ0n) is 16.2. The molecule has 0 unspecified atom stereocenters. The molecule has 2 heterocycles. The monoisotopic (exact) mass is 402 g/mol. The maximum Gasteiger partial charge on any atom is 0.254 e. The van der Waals surface area contributed by atoms with Gasteiger partial charge in [-0.3, -0.25) is 9.59 Å². The fourth-order valence-corrected chi connectivity index (χ4v) is 4.04. The average molecular weight is 402 g/mol. The van der Waals surface area contributed by atoms with Crippen molar-refractivity contribution < 1.29 is 18.7 Å². The number of amides is 1. The minimum absolute atomic E-state index is 0.0325. The highest BCUT2D eigenvalue weighted by Crippen LogP contribution is 2.33. The van der Waals surface area contributed by atoms with Gasteiger partial charge >= 0.3 is 0 Å². The fourth-order valence-electron chi connectivity index (χ4n) is 4.04. The van der Waals surface area contributed by atoms with E-state index in [1.54, 1.807) is 17.0 Å². The van der Waals surface area contributed by atoms with Crippen LogP contribution < -0.4 is 0 Å². The van der Waals surface area contributed by atoms with Gasteiger partial charge in [-0.25, -0.2) is 4.39 Å². The van der Waals surface area contributed by atoms with E-state index in [9.17, 15) is 14.0 Å². The lowest BCUT2D eigenvalue weighted by molar-refractivity contribution is 0.0303. The van der Waals surface area contributed by atoms with E-state index in [0.29, 0.717) is 48.5 Å². The lowest BCUT2D eigenvalue weighted by atomic mass is 9.99. The van der Waals surface area contributed by atoms with Crippen LogP contribution in [0.25, 0.3) is 32.9 Å². The van der Waals surface area contributed by atoms with Crippen LogP contribution >= 0.6 is 0 Å². The van der Waals surface area contributed by atoms with E-state index in [-0.39, 0.29) is 11.7 Å². The molecule has 6 heteroatoms. The zero-order valence-corrected chi connectivity index (χ0v) is 16.2. The first-order chi connectivity index (χ1) is 14.6. The van der Waals surface area contributed by atoms with Crippen LogP contribution in [0.3, 0.4) is 0 Å². The number of aldehydes is 1. The Labute approximate surface area is 172 Å². The second-order valence-corrected chi connectivity index (χ2v) is 7.41. The Kier molecular flexibility index (Phi) is 4.56. The van der Waals surface area contributed by atoms with Gasteiger partial charge in [-0.05, 0) is 47.5 Å². The van der Waals surface area contributed by atoms with E-state index in [1.807, 2.05) is 30.3 Å². The van der Waals surface area contributed by atoms with Crippen molar-refractivity contribution in [2.24, 2.45) is 0 Å². The molecule has 0 bridgehead atoms. The van der Waals surface area contributed by atoms with E-state index in [1.165, 1.54) is 12.1 Å². The van der Waals surface area contributed by atoms with E-state index < -0.39 is 0 Å². The molecule has 1 aliphatic rings. The number of nitrogens with one attached hydrogen (secondary N) is 1. The number of nitrogens with zero attached hydrogens (tertiary/aromatic N) is 1. The maximum absolute atomic E-state index is 13.7. The second-order valence-electron chi connectivity index (χ2n) is 7.41. The summed E-state index contributed by atoms with van der Waals surface area (Å²) in [5, 5.41) is 1.77. The summed E-state index contributed by atoms with van der Waals surface area (Å²) in [7, 11) is 0. The molecule has 150 valence electrons. The number of aromatic nitrogens is 1. The predicted molar refractivity (Wildman–Crippen MR) is 113 cm³/mol. The number of fused-ring (bicyclic) bond motifs is 3. The van der Waals surface area contributed by atoms with Crippen molar-refractivity contribution in [2.75, 3.05) is 26.3 Å². The summed E-state index contributed by atoms with van der Waals surface area (Å²) in [6, 6.07) is 15.5. The van der Waals surface area contributed by atoms with Gasteiger partial charge in [0.25, 0.3) is 5.91 Å². The number of ether oxygens (including phenoxy) is 1. The first-order valence-electron chi connectivity index (χ1n) is 9.81. The first-order valence-corrected chi connectivity index (χ1v) is 9.81. The molecule has 1 aromatic heterocycles. The summed E-state index contributed by atoms with van der Waals surface area (Å²) in [5.74, 6) is -0.361. The molecule has 1 saturated heterocycles. The van der Waals surface area contributed by atoms with Gasteiger partial charge in [0.1, 0.15) is 5.82 Å². The van der Waals surface area contributed by atoms with Crippen molar-refractivity contribution in [2.45, 2.75) is 0 Å². The first kappa shape index (κ1) is 18.5. The number of aromatic amines is 1. The van der Waals surface area contributed by atoms with Crippen LogP contribution in [0.15, 0.2) is 54.6 Å². The van der Waals surface area contributed by atoms with E-state index in [4.69, 9.17) is 4.74 Å². The van der Waals surface area contributed by atoms with Crippen molar-refractivity contribution in [3.63, 3.8) is 0 Å². The molecule has 1 fully saturated rings. The highest BCUT2D eigenvalue weighted by molar-refractivity contribution is 6.14. The number of halogens is 1. The van der Waals surface area contributed by atoms with Gasteiger partial charge in [-0.15, -0.1) is 0 Å². The third-order valence-corrected chi connectivity index (χ3v) is 5.57. The highest BCUT2D eigenvalue weighted by atomic mass is 19.1. The largest absolute Gasteiger partial charge is 0.378 e. The molecule has 1 amide bonds. The van der Waals surface area contributed by atoms with E-state index >= 15 is 0 Å². The second kappa shape index (κ2) is 7.39. The lowest BCUT2D eigenvalue weighted by Gasteiger charge is -2.26. The van der Waals surface area contributed by atoms with Crippen LogP contribution in [-0.4, -0.2) is 48.4 Å². The number of carbonyl (C=O) groups excluding carboxylic acids is 2. The minimum Gasteiger partial charge on any atom is -0.378 e. The molecule has 5 rings (SSSR count). The quantitative estimate of drug-likeness (QED) is 0.516. The topological polar surface area (TPSA) is 62.4 Å². The van der Waals surface area contributed by atoms with Crippen molar-refractivity contribution >= 4 is 34.0 Å². The molecule has 1 N–H and O–H groups in total. The molecule has 3 aromatic carbocycles. The Morgan fingerprint density at radius 1 is 1.00 bits per heavy atom. The van der Waals surface area contributed by atoms with Gasteiger partial charge in [0.05, 0.1) is 18.7 Å². The summed E-state index contributed by atoms with van der Waals surface area (Å²) in [6.07, 6.45) is 0.792. The van der Waals surface area contributed by atoms with Crippen LogP contribution in [0.1, 0.15) is 20.7 Å². The van der Waals surface area contributed by atoms with Gasteiger partial charge in [0.15, 0.2) is 6.29 Å². The van der Waals surface area contributed by atoms with Crippen molar-refractivity contribution in [1.82, 2.24) is 9.88 Å². The van der Waals surface area contributed by atoms with Gasteiger partial charge in [0.2, 0.25) is 0 Å². The normalized spacial score (nSPS) is 14.4. The Bertz CT molecular complexity index is 1290. The number of hydrogen-bond donors (Lipinski definition) is 1. The number of hydrogen-bond acceptors (Lipinski definition) is 3. The number of benzene rings is 3. The molecule has 4 aromatic rings. The summed E-state index contributed by atoms with van der Waals surface area (Å²) < 4.78 is 19.0. The molecule has 0 radical (unpaired) electrons. The van der Waals surface area contributed by atoms with Gasteiger partial charge in [0, 0.05) is 40.5 Å². The van der Waals surface area contributed by atoms with Crippen LogP contribution in [0.5, 0.6) is 0 Å². The number of morpholine rings is 1. The summed E-state index contributed by atoms with van der Waals surface area (Å²) in [4.78, 5) is 29.6. The smallest absolute Gasteiger partial charge is 0.254 e. The van der Waals surface area contributed by atoms with Gasteiger partial charge in [-0.2, -0.15) is 0 Å². The summed E-state index contributed by atoms with van der Waals surface area (Å²) in [6.45, 7) is 2.25. The van der Waals surface area contributed by atoms with Crippen molar-refractivity contribution in [3.05, 3.63) is 71.5 Å². The van der Waals surface area contributed by atoms with Crippen LogP contribution in [0.4, 0.5) is 4.39 Å². The molecule has 30 heavy (non-hydrogen) atoms. The fraction of sp³-hybridized carbons (Fsp3) is 0.167. The molecular formula is C24H19FN2O3. The third-order valence-electron chi connectivity index (χ3n) is 5.57. The van der Waals surface area contributed by atoms with Crippen molar-refractivity contribution in [3.8, 4) is 11.1 Å². The molecular weight excluding hydrogens is 383 g/mol. The predicted octanol–water partition coefficient (Wildman–Crippen LogP) is 4.41. The molecule has 0 atom stereocenters. The maximum atomic E-state index is 13.7. The SMILES string of the molecule is O=Cc1cc(-c2cccc(F)c2)cc2c1[nH]c1cc(C(=O)N3CCOCC3)ccc12. The van der Waals surface area contributed by atoms with Crippen LogP contribution in [0.2, 0.25) is 0 Å². The number of rotatable bonds is 3. The van der Waals surface area contributed by atoms with Crippen LogP contribution in [0, 0.1) is 5.82 Å². The van der Waals surface area contributed by atoms with Crippen LogP contribution in [-0.2, 0) is 4.74 Å². The van der Waals surface area contributed by atoms with Gasteiger partial charge in [-0.1, -0.05) is 18.2 Å². The minimum atomic E-state index is -0.328. The molecule has 0 spiro atoms. The molecule has 0 saturated carbocycles. The lowest BCUT2D eigenvalue weighted by Crippen LogP contribution is -2.40. The molecule has 5 nitrogen and oxygen atoms in total. The van der Waals surface area contributed by atoms with Gasteiger partial charge < -0.3 is 14.6 Å². The Hall–Kier alpha value is -3.51. The summed E-state index contributed by atoms with van der Waals surface area (Å²) >= 11 is 0. The average Bonchev–Trinajstić information content (AvgIpc) is 3.16. The highest BCUT2D eigenvalue weighted by Gasteiger charge is 2.20. The third kappa shape index (κ3) is 3.15.